The molecule has 29 heavy (non-hydrogen) atoms. The number of hydrogen-bond donors (Lipinski definition) is 0. The number of halogens is 2. The minimum atomic E-state index is -0.272. The van der Waals surface area contributed by atoms with Crippen LogP contribution >= 0.6 is 39.3 Å². The lowest BCUT2D eigenvalue weighted by Crippen LogP contribution is -2.28. The number of hydrogen-bond acceptors (Lipinski definition) is 5. The second-order valence-electron chi connectivity index (χ2n) is 6.24. The Morgan fingerprint density at radius 3 is 2.66 bits per heavy atom. The van der Waals surface area contributed by atoms with Gasteiger partial charge in [-0.3, -0.25) is 14.5 Å². The monoisotopic (exact) mass is 495 g/mol. The Morgan fingerprint density at radius 1 is 1.21 bits per heavy atom. The van der Waals surface area contributed by atoms with Gasteiger partial charge in [-0.1, -0.05) is 52.7 Å². The van der Waals surface area contributed by atoms with Gasteiger partial charge in [0, 0.05) is 21.6 Å². The number of nitrogens with zero attached hydrogens (tertiary/aromatic N) is 1. The van der Waals surface area contributed by atoms with E-state index in [4.69, 9.17) is 21.1 Å². The predicted octanol–water partition coefficient (Wildman–Crippen LogP) is 6.14. The van der Waals surface area contributed by atoms with Crippen LogP contribution < -0.4 is 9.47 Å². The zero-order valence-corrected chi connectivity index (χ0v) is 19.1. The summed E-state index contributed by atoms with van der Waals surface area (Å²) in [7, 11) is 1.55. The van der Waals surface area contributed by atoms with Crippen molar-refractivity contribution in [2.24, 2.45) is 0 Å². The topological polar surface area (TPSA) is 55.8 Å². The second-order valence-corrected chi connectivity index (χ2v) is 8.49. The van der Waals surface area contributed by atoms with Crippen molar-refractivity contribution in [1.29, 1.82) is 0 Å². The molecular weight excluding hydrogens is 478 g/mol. The minimum absolute atomic E-state index is 0.245. The van der Waals surface area contributed by atoms with Crippen LogP contribution in [0, 0.1) is 0 Å². The molecule has 0 aliphatic carbocycles. The van der Waals surface area contributed by atoms with Crippen molar-refractivity contribution < 1.29 is 19.1 Å². The van der Waals surface area contributed by atoms with Gasteiger partial charge in [-0.05, 0) is 48.0 Å². The highest BCUT2D eigenvalue weighted by atomic mass is 79.9. The van der Waals surface area contributed by atoms with E-state index in [2.05, 4.69) is 15.9 Å². The molecule has 0 atom stereocenters. The van der Waals surface area contributed by atoms with Crippen LogP contribution in [0.1, 0.15) is 24.5 Å². The Hall–Kier alpha value is -1.96. The predicted molar refractivity (Wildman–Crippen MR) is 119 cm³/mol. The van der Waals surface area contributed by atoms with E-state index in [1.165, 1.54) is 4.90 Å². The van der Waals surface area contributed by atoms with E-state index in [0.29, 0.717) is 33.5 Å². The van der Waals surface area contributed by atoms with Crippen molar-refractivity contribution in [3.63, 3.8) is 0 Å². The Labute approximate surface area is 187 Å². The first-order chi connectivity index (χ1) is 13.9. The van der Waals surface area contributed by atoms with Crippen molar-refractivity contribution in [3.05, 3.63) is 61.9 Å². The van der Waals surface area contributed by atoms with Gasteiger partial charge < -0.3 is 9.47 Å². The highest BCUT2D eigenvalue weighted by Gasteiger charge is 2.34. The SMILES string of the molecule is CCCN1C(=O)S/C(=C/c2cc(OC)c(OCc3ccccc3Cl)cc2Br)C1=O. The fourth-order valence-electron chi connectivity index (χ4n) is 2.76. The smallest absolute Gasteiger partial charge is 0.293 e. The normalized spacial score (nSPS) is 15.3. The van der Waals surface area contributed by atoms with Crippen LogP contribution in [0.25, 0.3) is 6.08 Å². The Morgan fingerprint density at radius 2 is 1.97 bits per heavy atom. The van der Waals surface area contributed by atoms with E-state index in [1.807, 2.05) is 31.2 Å². The van der Waals surface area contributed by atoms with Gasteiger partial charge in [-0.15, -0.1) is 0 Å². The van der Waals surface area contributed by atoms with E-state index in [-0.39, 0.29) is 17.8 Å². The maximum atomic E-state index is 12.5. The van der Waals surface area contributed by atoms with Crippen LogP contribution in [0.4, 0.5) is 4.79 Å². The number of carbonyl (C=O) groups is 2. The third-order valence-corrected chi connectivity index (χ3v) is 6.19. The molecule has 1 saturated heterocycles. The van der Waals surface area contributed by atoms with E-state index in [9.17, 15) is 9.59 Å². The van der Waals surface area contributed by atoms with Gasteiger partial charge in [0.25, 0.3) is 11.1 Å². The lowest BCUT2D eigenvalue weighted by atomic mass is 10.1. The van der Waals surface area contributed by atoms with Gasteiger partial charge in [-0.2, -0.15) is 0 Å². The maximum Gasteiger partial charge on any atom is 0.293 e. The fourth-order valence-corrected chi connectivity index (χ4v) is 4.25. The van der Waals surface area contributed by atoms with Gasteiger partial charge in [-0.25, -0.2) is 0 Å². The molecule has 0 aromatic heterocycles. The summed E-state index contributed by atoms with van der Waals surface area (Å²) < 4.78 is 12.1. The van der Waals surface area contributed by atoms with Gasteiger partial charge in [0.05, 0.1) is 12.0 Å². The third kappa shape index (κ3) is 4.97. The first kappa shape index (κ1) is 21.7. The molecule has 3 rings (SSSR count). The number of benzene rings is 2. The largest absolute Gasteiger partial charge is 0.493 e. The number of imide groups is 1. The minimum Gasteiger partial charge on any atom is -0.493 e. The molecule has 0 N–H and O–H groups in total. The molecule has 1 heterocycles. The number of carbonyl (C=O) groups excluding carboxylic acids is 2. The van der Waals surface area contributed by atoms with E-state index in [0.717, 1.165) is 28.2 Å². The van der Waals surface area contributed by atoms with Gasteiger partial charge in [0.1, 0.15) is 6.61 Å². The molecule has 1 aliphatic heterocycles. The van der Waals surface area contributed by atoms with Crippen molar-refractivity contribution in [1.82, 2.24) is 4.90 Å². The van der Waals surface area contributed by atoms with Crippen LogP contribution in [-0.4, -0.2) is 29.7 Å². The Kier molecular flexibility index (Phi) is 7.27. The van der Waals surface area contributed by atoms with Crippen molar-refractivity contribution in [2.75, 3.05) is 13.7 Å². The van der Waals surface area contributed by atoms with Crippen LogP contribution in [0.15, 0.2) is 45.8 Å². The van der Waals surface area contributed by atoms with Crippen LogP contribution in [0.2, 0.25) is 5.02 Å². The highest BCUT2D eigenvalue weighted by Crippen LogP contribution is 2.38. The summed E-state index contributed by atoms with van der Waals surface area (Å²) in [5, 5.41) is 0.385. The summed E-state index contributed by atoms with van der Waals surface area (Å²) in [5.74, 6) is 0.779. The molecule has 152 valence electrons. The van der Waals surface area contributed by atoms with E-state index in [1.54, 1.807) is 25.3 Å². The Bertz CT molecular complexity index is 979. The molecule has 0 unspecified atom stereocenters. The summed E-state index contributed by atoms with van der Waals surface area (Å²) in [6.45, 7) is 2.63. The summed E-state index contributed by atoms with van der Waals surface area (Å²) in [4.78, 5) is 26.2. The molecule has 2 amide bonds. The molecule has 0 spiro atoms. The quantitative estimate of drug-likeness (QED) is 0.431. The number of methoxy groups -OCH3 is 1. The number of thioether (sulfide) groups is 1. The Balaban J connectivity index is 1.84. The molecule has 2 aromatic carbocycles. The van der Waals surface area contributed by atoms with Crippen molar-refractivity contribution >= 4 is 56.5 Å². The molecule has 2 aromatic rings. The van der Waals surface area contributed by atoms with Gasteiger partial charge in [0.15, 0.2) is 11.5 Å². The summed E-state index contributed by atoms with van der Waals surface area (Å²) in [6.07, 6.45) is 2.41. The first-order valence-electron chi connectivity index (χ1n) is 8.93. The standard InChI is InChI=1S/C21H19BrClNO4S/c1-3-8-24-20(25)19(29-21(24)26)10-14-9-17(27-2)18(11-15(14)22)28-12-13-6-4-5-7-16(13)23/h4-7,9-11H,3,8,12H2,1-2H3/b19-10+. The van der Waals surface area contributed by atoms with Crippen molar-refractivity contribution in [2.45, 2.75) is 20.0 Å². The zero-order valence-electron chi connectivity index (χ0n) is 15.9. The molecule has 8 heteroatoms. The lowest BCUT2D eigenvalue weighted by Gasteiger charge is -2.14. The average molecular weight is 497 g/mol. The number of amides is 2. The molecular formula is C21H19BrClNO4S. The van der Waals surface area contributed by atoms with Gasteiger partial charge in [0.2, 0.25) is 0 Å². The summed E-state index contributed by atoms with van der Waals surface area (Å²) >= 11 is 10.6. The molecule has 1 aliphatic rings. The molecule has 5 nitrogen and oxygen atoms in total. The summed E-state index contributed by atoms with van der Waals surface area (Å²) in [5.41, 5.74) is 1.58. The summed E-state index contributed by atoms with van der Waals surface area (Å²) in [6, 6.07) is 11.0. The fraction of sp³-hybridized carbons (Fsp3) is 0.238. The third-order valence-electron chi connectivity index (χ3n) is 4.23. The van der Waals surface area contributed by atoms with E-state index < -0.39 is 0 Å². The second kappa shape index (κ2) is 9.69. The number of rotatable bonds is 7. The molecule has 0 saturated carbocycles. The van der Waals surface area contributed by atoms with Crippen molar-refractivity contribution in [3.8, 4) is 11.5 Å². The highest BCUT2D eigenvalue weighted by molar-refractivity contribution is 9.10. The molecule has 0 bridgehead atoms. The number of ether oxygens (including phenoxy) is 2. The maximum absolute atomic E-state index is 12.5. The van der Waals surface area contributed by atoms with E-state index >= 15 is 0 Å². The average Bonchev–Trinajstić information content (AvgIpc) is 2.96. The first-order valence-corrected chi connectivity index (χ1v) is 10.9. The lowest BCUT2D eigenvalue weighted by molar-refractivity contribution is -0.122. The zero-order chi connectivity index (χ0) is 21.0. The van der Waals surface area contributed by atoms with Crippen LogP contribution in [-0.2, 0) is 11.4 Å². The van der Waals surface area contributed by atoms with Gasteiger partial charge >= 0.3 is 0 Å². The molecule has 0 radical (unpaired) electrons. The van der Waals surface area contributed by atoms with Crippen LogP contribution in [0.3, 0.4) is 0 Å². The molecule has 1 fully saturated rings. The van der Waals surface area contributed by atoms with Crippen LogP contribution in [0.5, 0.6) is 11.5 Å².